The molecule has 0 aliphatic rings. The minimum Gasteiger partial charge on any atom is -0.258 e. The summed E-state index contributed by atoms with van der Waals surface area (Å²) in [5.41, 5.74) is 1.78. The molecule has 0 heterocycles. The fourth-order valence-electron chi connectivity index (χ4n) is 1.21. The lowest BCUT2D eigenvalue weighted by molar-refractivity contribution is -0.385. The Morgan fingerprint density at radius 3 is 2.69 bits per heavy atom. The summed E-state index contributed by atoms with van der Waals surface area (Å²) in [6.45, 7) is 3.71. The van der Waals surface area contributed by atoms with Gasteiger partial charge in [0.15, 0.2) is 0 Å². The van der Waals surface area contributed by atoms with Crippen LogP contribution in [0.15, 0.2) is 24.3 Å². The molecule has 0 aliphatic carbocycles. The lowest BCUT2D eigenvalue weighted by Gasteiger charge is -2.00. The molecule has 1 aromatic rings. The van der Waals surface area contributed by atoms with Crippen molar-refractivity contribution in [2.45, 2.75) is 13.8 Å². The number of nitro groups is 1. The number of allylic oxidation sites excluding steroid dienone is 1. The van der Waals surface area contributed by atoms with Gasteiger partial charge < -0.3 is 0 Å². The highest BCUT2D eigenvalue weighted by Gasteiger charge is 2.11. The number of hydrogen-bond donors (Lipinski definition) is 0. The molecular weight excluding hydrogens is 166 g/mol. The molecule has 0 spiro atoms. The number of rotatable bonds is 2. The highest BCUT2D eigenvalue weighted by molar-refractivity contribution is 5.63. The first kappa shape index (κ1) is 9.45. The van der Waals surface area contributed by atoms with E-state index in [1.165, 1.54) is 6.07 Å². The quantitative estimate of drug-likeness (QED) is 0.515. The van der Waals surface area contributed by atoms with Crippen LogP contribution in [0.4, 0.5) is 5.69 Å². The minimum atomic E-state index is -0.359. The van der Waals surface area contributed by atoms with E-state index in [0.29, 0.717) is 5.56 Å². The van der Waals surface area contributed by atoms with Gasteiger partial charge in [-0.2, -0.15) is 0 Å². The Morgan fingerprint density at radius 1 is 1.46 bits per heavy atom. The second-order valence-electron chi connectivity index (χ2n) is 2.76. The van der Waals surface area contributed by atoms with Crippen molar-refractivity contribution >= 4 is 11.8 Å². The number of benzene rings is 1. The standard InChI is InChI=1S/C10H11NO2/c1-3-5-9-8(2)6-4-7-10(9)11(12)13/h3-7H,1-2H3. The third-order valence-electron chi connectivity index (χ3n) is 1.83. The second-order valence-corrected chi connectivity index (χ2v) is 2.76. The van der Waals surface area contributed by atoms with Gasteiger partial charge in [0.1, 0.15) is 0 Å². The van der Waals surface area contributed by atoms with Gasteiger partial charge >= 0.3 is 0 Å². The number of hydrogen-bond acceptors (Lipinski definition) is 2. The Hall–Kier alpha value is -1.64. The molecule has 1 aromatic carbocycles. The van der Waals surface area contributed by atoms with Gasteiger partial charge in [0.05, 0.1) is 10.5 Å². The summed E-state index contributed by atoms with van der Waals surface area (Å²) in [4.78, 5) is 10.3. The molecular formula is C10H11NO2. The van der Waals surface area contributed by atoms with Crippen molar-refractivity contribution in [1.82, 2.24) is 0 Å². The summed E-state index contributed by atoms with van der Waals surface area (Å²) in [5.74, 6) is 0. The zero-order valence-corrected chi connectivity index (χ0v) is 7.65. The molecule has 13 heavy (non-hydrogen) atoms. The van der Waals surface area contributed by atoms with Crippen molar-refractivity contribution in [3.05, 3.63) is 45.5 Å². The van der Waals surface area contributed by atoms with Crippen LogP contribution in [0.25, 0.3) is 6.08 Å². The van der Waals surface area contributed by atoms with Crippen LogP contribution >= 0.6 is 0 Å². The van der Waals surface area contributed by atoms with Crippen molar-refractivity contribution in [3.63, 3.8) is 0 Å². The molecule has 0 atom stereocenters. The summed E-state index contributed by atoms with van der Waals surface area (Å²) in [6.07, 6.45) is 3.56. The van der Waals surface area contributed by atoms with Crippen molar-refractivity contribution < 1.29 is 4.92 Å². The molecule has 0 bridgehead atoms. The summed E-state index contributed by atoms with van der Waals surface area (Å²) in [6, 6.07) is 5.07. The average molecular weight is 177 g/mol. The van der Waals surface area contributed by atoms with Crippen molar-refractivity contribution in [1.29, 1.82) is 0 Å². The molecule has 3 nitrogen and oxygen atoms in total. The van der Waals surface area contributed by atoms with Crippen LogP contribution in [-0.4, -0.2) is 4.92 Å². The molecule has 0 fully saturated rings. The van der Waals surface area contributed by atoms with Crippen LogP contribution in [0.3, 0.4) is 0 Å². The first-order chi connectivity index (χ1) is 6.16. The van der Waals surface area contributed by atoms with Gasteiger partial charge in [-0.25, -0.2) is 0 Å². The fraction of sp³-hybridized carbons (Fsp3) is 0.200. The molecule has 0 saturated heterocycles. The Morgan fingerprint density at radius 2 is 2.15 bits per heavy atom. The lowest BCUT2D eigenvalue weighted by Crippen LogP contribution is -1.93. The monoisotopic (exact) mass is 177 g/mol. The topological polar surface area (TPSA) is 43.1 Å². The normalized spacial score (nSPS) is 10.6. The van der Waals surface area contributed by atoms with Crippen molar-refractivity contribution in [2.75, 3.05) is 0 Å². The summed E-state index contributed by atoms with van der Waals surface area (Å²) >= 11 is 0. The van der Waals surface area contributed by atoms with E-state index < -0.39 is 0 Å². The van der Waals surface area contributed by atoms with Crippen LogP contribution in [0, 0.1) is 17.0 Å². The Bertz CT molecular complexity index is 356. The van der Waals surface area contributed by atoms with E-state index >= 15 is 0 Å². The first-order valence-electron chi connectivity index (χ1n) is 4.03. The molecule has 0 radical (unpaired) electrons. The van der Waals surface area contributed by atoms with Crippen molar-refractivity contribution in [3.8, 4) is 0 Å². The van der Waals surface area contributed by atoms with Crippen LogP contribution in [0.1, 0.15) is 18.1 Å². The maximum absolute atomic E-state index is 10.6. The van der Waals surface area contributed by atoms with E-state index in [1.54, 1.807) is 18.2 Å². The fourth-order valence-corrected chi connectivity index (χ4v) is 1.21. The van der Waals surface area contributed by atoms with E-state index in [9.17, 15) is 10.1 Å². The molecule has 0 saturated carbocycles. The summed E-state index contributed by atoms with van der Waals surface area (Å²) in [5, 5.41) is 10.6. The Labute approximate surface area is 76.9 Å². The molecule has 3 heteroatoms. The smallest absolute Gasteiger partial charge is 0.258 e. The zero-order chi connectivity index (χ0) is 9.84. The van der Waals surface area contributed by atoms with Gasteiger partial charge in [-0.3, -0.25) is 10.1 Å². The molecule has 0 amide bonds. The van der Waals surface area contributed by atoms with Crippen LogP contribution < -0.4 is 0 Å². The van der Waals surface area contributed by atoms with Gasteiger partial charge in [-0.15, -0.1) is 0 Å². The average Bonchev–Trinajstić information content (AvgIpc) is 2.08. The van der Waals surface area contributed by atoms with Crippen LogP contribution in [-0.2, 0) is 0 Å². The van der Waals surface area contributed by atoms with Gasteiger partial charge in [-0.05, 0) is 19.4 Å². The molecule has 68 valence electrons. The highest BCUT2D eigenvalue weighted by Crippen LogP contribution is 2.22. The molecule has 0 aliphatic heterocycles. The number of nitro benzene ring substituents is 1. The molecule has 0 N–H and O–H groups in total. The van der Waals surface area contributed by atoms with Gasteiger partial charge in [0.2, 0.25) is 0 Å². The third-order valence-corrected chi connectivity index (χ3v) is 1.83. The minimum absolute atomic E-state index is 0.165. The van der Waals surface area contributed by atoms with E-state index in [0.717, 1.165) is 5.56 Å². The third kappa shape index (κ3) is 1.93. The zero-order valence-electron chi connectivity index (χ0n) is 7.65. The van der Waals surface area contributed by atoms with E-state index in [4.69, 9.17) is 0 Å². The SMILES string of the molecule is CC=Cc1c(C)cccc1[N+](=O)[O-]. The maximum Gasteiger partial charge on any atom is 0.276 e. The Balaban J connectivity index is 3.33. The van der Waals surface area contributed by atoms with Gasteiger partial charge in [0.25, 0.3) is 5.69 Å². The summed E-state index contributed by atoms with van der Waals surface area (Å²) in [7, 11) is 0. The molecule has 0 aromatic heterocycles. The number of aryl methyl sites for hydroxylation is 1. The van der Waals surface area contributed by atoms with Crippen LogP contribution in [0.2, 0.25) is 0 Å². The Kier molecular flexibility index (Phi) is 2.80. The van der Waals surface area contributed by atoms with Gasteiger partial charge in [0, 0.05) is 6.07 Å². The predicted octanol–water partition coefficient (Wildman–Crippen LogP) is 2.94. The predicted molar refractivity (Wildman–Crippen MR) is 52.5 cm³/mol. The van der Waals surface area contributed by atoms with E-state index in [1.807, 2.05) is 19.9 Å². The summed E-state index contributed by atoms with van der Waals surface area (Å²) < 4.78 is 0. The highest BCUT2D eigenvalue weighted by atomic mass is 16.6. The maximum atomic E-state index is 10.6. The number of nitrogens with zero attached hydrogens (tertiary/aromatic N) is 1. The van der Waals surface area contributed by atoms with Crippen LogP contribution in [0.5, 0.6) is 0 Å². The van der Waals surface area contributed by atoms with E-state index in [2.05, 4.69) is 0 Å². The van der Waals surface area contributed by atoms with Crippen molar-refractivity contribution in [2.24, 2.45) is 0 Å². The molecule has 1 rings (SSSR count). The van der Waals surface area contributed by atoms with Gasteiger partial charge in [-0.1, -0.05) is 24.3 Å². The van der Waals surface area contributed by atoms with E-state index in [-0.39, 0.29) is 10.6 Å². The second kappa shape index (κ2) is 3.85. The largest absolute Gasteiger partial charge is 0.276 e. The molecule has 0 unspecified atom stereocenters. The lowest BCUT2D eigenvalue weighted by atomic mass is 10.1. The first-order valence-corrected chi connectivity index (χ1v) is 4.03.